The normalized spacial score (nSPS) is 19.9. The van der Waals surface area contributed by atoms with Gasteiger partial charge in [-0.3, -0.25) is 0 Å². The van der Waals surface area contributed by atoms with Crippen molar-refractivity contribution in [2.45, 2.75) is 18.9 Å². The van der Waals surface area contributed by atoms with Gasteiger partial charge in [-0.25, -0.2) is 4.79 Å². The zero-order valence-corrected chi connectivity index (χ0v) is 13.5. The standard InChI is InChI=1S/C18H15BrN2O/c19-13-8-5-12(6-9-13)16-15-10-7-11-3-1-2-4-14(11)17(15)21-18(22)20-16/h1-6,8-9,16H,7,10H2,(H2,20,21,22)/t16-/m0/s1. The fourth-order valence-corrected chi connectivity index (χ4v) is 3.56. The van der Waals surface area contributed by atoms with Crippen molar-refractivity contribution in [2.75, 3.05) is 0 Å². The van der Waals surface area contributed by atoms with Crippen LogP contribution in [0.1, 0.15) is 29.2 Å². The number of rotatable bonds is 1. The first-order valence-corrected chi connectivity index (χ1v) is 8.16. The van der Waals surface area contributed by atoms with Crippen molar-refractivity contribution in [2.24, 2.45) is 0 Å². The highest BCUT2D eigenvalue weighted by molar-refractivity contribution is 9.10. The molecule has 3 nitrogen and oxygen atoms in total. The topological polar surface area (TPSA) is 41.1 Å². The Morgan fingerprint density at radius 1 is 1.00 bits per heavy atom. The van der Waals surface area contributed by atoms with Gasteiger partial charge in [-0.2, -0.15) is 0 Å². The van der Waals surface area contributed by atoms with E-state index >= 15 is 0 Å². The van der Waals surface area contributed by atoms with Crippen LogP contribution in [0.15, 0.2) is 58.6 Å². The van der Waals surface area contributed by atoms with Gasteiger partial charge < -0.3 is 10.6 Å². The number of nitrogens with one attached hydrogen (secondary N) is 2. The van der Waals surface area contributed by atoms with Gasteiger partial charge in [-0.05, 0) is 41.7 Å². The summed E-state index contributed by atoms with van der Waals surface area (Å²) in [5, 5.41) is 6.06. The molecule has 22 heavy (non-hydrogen) atoms. The zero-order chi connectivity index (χ0) is 15.1. The van der Waals surface area contributed by atoms with E-state index in [0.29, 0.717) is 0 Å². The average Bonchev–Trinajstić information content (AvgIpc) is 2.55. The lowest BCUT2D eigenvalue weighted by molar-refractivity contribution is 0.240. The molecular formula is C18H15BrN2O. The van der Waals surface area contributed by atoms with Crippen molar-refractivity contribution in [3.63, 3.8) is 0 Å². The van der Waals surface area contributed by atoms with Gasteiger partial charge in [0.05, 0.1) is 11.7 Å². The van der Waals surface area contributed by atoms with Gasteiger partial charge in [0.2, 0.25) is 0 Å². The second-order valence-electron chi connectivity index (χ2n) is 5.64. The smallest absolute Gasteiger partial charge is 0.319 e. The highest BCUT2D eigenvalue weighted by Gasteiger charge is 2.31. The molecule has 0 radical (unpaired) electrons. The quantitative estimate of drug-likeness (QED) is 0.792. The molecule has 0 unspecified atom stereocenters. The number of urea groups is 1. The van der Waals surface area contributed by atoms with E-state index in [4.69, 9.17) is 0 Å². The van der Waals surface area contributed by atoms with Crippen molar-refractivity contribution >= 4 is 27.7 Å². The molecule has 4 rings (SSSR count). The Labute approximate surface area is 137 Å². The molecule has 110 valence electrons. The van der Waals surface area contributed by atoms with Crippen molar-refractivity contribution in [1.82, 2.24) is 10.6 Å². The molecule has 0 saturated heterocycles. The first kappa shape index (κ1) is 13.6. The van der Waals surface area contributed by atoms with E-state index in [2.05, 4.69) is 56.9 Å². The molecule has 1 aliphatic carbocycles. The van der Waals surface area contributed by atoms with Gasteiger partial charge in [0, 0.05) is 10.0 Å². The van der Waals surface area contributed by atoms with Crippen molar-refractivity contribution in [3.05, 3.63) is 75.3 Å². The van der Waals surface area contributed by atoms with Crippen LogP contribution in [0.5, 0.6) is 0 Å². The van der Waals surface area contributed by atoms with Crippen LogP contribution in [-0.2, 0) is 6.42 Å². The van der Waals surface area contributed by atoms with Crippen LogP contribution in [-0.4, -0.2) is 6.03 Å². The van der Waals surface area contributed by atoms with E-state index in [-0.39, 0.29) is 12.1 Å². The van der Waals surface area contributed by atoms with Gasteiger partial charge in [0.15, 0.2) is 0 Å². The third-order valence-electron chi connectivity index (χ3n) is 4.34. The Morgan fingerprint density at radius 3 is 2.59 bits per heavy atom. The molecule has 1 heterocycles. The van der Waals surface area contributed by atoms with Crippen LogP contribution in [0.3, 0.4) is 0 Å². The van der Waals surface area contributed by atoms with E-state index < -0.39 is 0 Å². The minimum atomic E-state index is -0.136. The fourth-order valence-electron chi connectivity index (χ4n) is 3.29. The van der Waals surface area contributed by atoms with Gasteiger partial charge in [-0.1, -0.05) is 52.3 Å². The third-order valence-corrected chi connectivity index (χ3v) is 4.87. The predicted octanol–water partition coefficient (Wildman–Crippen LogP) is 4.16. The van der Waals surface area contributed by atoms with Crippen molar-refractivity contribution < 1.29 is 4.79 Å². The number of benzene rings is 2. The number of fused-ring (bicyclic) bond motifs is 2. The maximum atomic E-state index is 12.1. The van der Waals surface area contributed by atoms with Crippen LogP contribution < -0.4 is 10.6 Å². The fraction of sp³-hybridized carbons (Fsp3) is 0.167. The van der Waals surface area contributed by atoms with Gasteiger partial charge >= 0.3 is 6.03 Å². The Kier molecular flexibility index (Phi) is 3.26. The second-order valence-corrected chi connectivity index (χ2v) is 6.56. The Bertz CT molecular complexity index is 780. The summed E-state index contributed by atoms with van der Waals surface area (Å²) in [5.41, 5.74) is 5.82. The molecule has 2 aromatic carbocycles. The van der Waals surface area contributed by atoms with Gasteiger partial charge in [0.25, 0.3) is 0 Å². The second kappa shape index (κ2) is 5.29. The van der Waals surface area contributed by atoms with Gasteiger partial charge in [0.1, 0.15) is 0 Å². The molecule has 2 aromatic rings. The molecule has 4 heteroatoms. The van der Waals surface area contributed by atoms with Crippen LogP contribution in [0.4, 0.5) is 4.79 Å². The molecule has 2 amide bonds. The summed E-state index contributed by atoms with van der Waals surface area (Å²) in [4.78, 5) is 12.1. The number of amides is 2. The summed E-state index contributed by atoms with van der Waals surface area (Å²) in [6, 6.07) is 16.3. The van der Waals surface area contributed by atoms with E-state index in [9.17, 15) is 4.79 Å². The minimum absolute atomic E-state index is 0.0507. The monoisotopic (exact) mass is 354 g/mol. The van der Waals surface area contributed by atoms with Gasteiger partial charge in [-0.15, -0.1) is 0 Å². The lowest BCUT2D eigenvalue weighted by Gasteiger charge is -2.34. The molecule has 0 saturated carbocycles. The SMILES string of the molecule is O=C1NC2=C(CCc3ccccc32)[C@H](c2ccc(Br)cc2)N1. The molecule has 0 spiro atoms. The molecule has 1 atom stereocenters. The number of carbonyl (C=O) groups is 1. The molecular weight excluding hydrogens is 340 g/mol. The summed E-state index contributed by atoms with van der Waals surface area (Å²) in [5.74, 6) is 0. The highest BCUT2D eigenvalue weighted by Crippen LogP contribution is 2.38. The molecule has 0 bridgehead atoms. The first-order valence-electron chi connectivity index (χ1n) is 7.36. The van der Waals surface area contributed by atoms with Crippen LogP contribution in [0.25, 0.3) is 5.70 Å². The molecule has 2 N–H and O–H groups in total. The zero-order valence-electron chi connectivity index (χ0n) is 11.9. The van der Waals surface area contributed by atoms with Crippen molar-refractivity contribution in [1.29, 1.82) is 0 Å². The lowest BCUT2D eigenvalue weighted by atomic mass is 9.83. The summed E-state index contributed by atoms with van der Waals surface area (Å²) >= 11 is 3.46. The Balaban J connectivity index is 1.84. The van der Waals surface area contributed by atoms with E-state index in [1.54, 1.807) is 0 Å². The first-order chi connectivity index (χ1) is 10.7. The van der Waals surface area contributed by atoms with E-state index in [1.165, 1.54) is 11.1 Å². The van der Waals surface area contributed by atoms with Crippen LogP contribution in [0.2, 0.25) is 0 Å². The maximum absolute atomic E-state index is 12.1. The summed E-state index contributed by atoms with van der Waals surface area (Å²) in [6.07, 6.45) is 1.97. The molecule has 0 aromatic heterocycles. The van der Waals surface area contributed by atoms with Crippen LogP contribution >= 0.6 is 15.9 Å². The lowest BCUT2D eigenvalue weighted by Crippen LogP contribution is -2.44. The van der Waals surface area contributed by atoms with Crippen LogP contribution in [0, 0.1) is 0 Å². The number of halogens is 1. The highest BCUT2D eigenvalue weighted by atomic mass is 79.9. The van der Waals surface area contributed by atoms with E-state index in [1.807, 2.05) is 18.2 Å². The summed E-state index contributed by atoms with van der Waals surface area (Å²) in [6.45, 7) is 0. The Morgan fingerprint density at radius 2 is 1.77 bits per heavy atom. The average molecular weight is 355 g/mol. The van der Waals surface area contributed by atoms with E-state index in [0.717, 1.165) is 34.1 Å². The minimum Gasteiger partial charge on any atom is -0.327 e. The maximum Gasteiger partial charge on any atom is 0.319 e. The number of carbonyl (C=O) groups excluding carboxylic acids is 1. The molecule has 0 fully saturated rings. The summed E-state index contributed by atoms with van der Waals surface area (Å²) in [7, 11) is 0. The summed E-state index contributed by atoms with van der Waals surface area (Å²) < 4.78 is 1.04. The predicted molar refractivity (Wildman–Crippen MR) is 90.2 cm³/mol. The number of hydrogen-bond acceptors (Lipinski definition) is 1. The van der Waals surface area contributed by atoms with Crippen molar-refractivity contribution in [3.8, 4) is 0 Å². The number of aryl methyl sites for hydroxylation is 1. The number of hydrogen-bond donors (Lipinski definition) is 2. The molecule has 2 aliphatic rings. The largest absolute Gasteiger partial charge is 0.327 e. The Hall–Kier alpha value is -2.07. The molecule has 1 aliphatic heterocycles. The third kappa shape index (κ3) is 2.24.